The molecule has 3 aromatic rings. The molecule has 0 radical (unpaired) electrons. The van der Waals surface area contributed by atoms with E-state index in [0.29, 0.717) is 73.7 Å². The van der Waals surface area contributed by atoms with Gasteiger partial charge in [0.1, 0.15) is 11.6 Å². The van der Waals surface area contributed by atoms with Crippen LogP contribution in [0.4, 0.5) is 0 Å². The molecule has 206 valence electrons. The van der Waals surface area contributed by atoms with Gasteiger partial charge in [0.05, 0.1) is 29.4 Å². The highest BCUT2D eigenvalue weighted by atomic mass is 32.2. The average Bonchev–Trinajstić information content (AvgIpc) is 3.20. The lowest BCUT2D eigenvalue weighted by atomic mass is 9.95. The van der Waals surface area contributed by atoms with Crippen LogP contribution in [-0.2, 0) is 21.3 Å². The van der Waals surface area contributed by atoms with Crippen molar-refractivity contribution in [2.24, 2.45) is 5.92 Å². The normalized spacial score (nSPS) is 15.1. The SMILES string of the molecule is CCCc1nc(C)c2c(=O)[nH]c(-c3cc(S(=O)(=O)N4CCC(CCO[N+](=O)[O-])CC4)ccc3OCC)nn12. The predicted molar refractivity (Wildman–Crippen MR) is 138 cm³/mol. The number of H-pyrrole nitrogens is 1. The molecule has 1 aliphatic heterocycles. The molecule has 0 aliphatic carbocycles. The zero-order valence-electron chi connectivity index (χ0n) is 21.7. The fourth-order valence-electron chi connectivity index (χ4n) is 4.76. The first-order valence-corrected chi connectivity index (χ1v) is 14.1. The van der Waals surface area contributed by atoms with E-state index in [2.05, 4.69) is 19.9 Å². The number of aromatic amines is 1. The maximum atomic E-state index is 13.5. The van der Waals surface area contributed by atoms with Gasteiger partial charge in [-0.2, -0.15) is 4.31 Å². The standard InChI is InChI=1S/C24H32N6O7S/c1-4-6-21-25-16(3)22-24(31)26-23(27-29(21)22)19-15-18(7-8-20(19)36-5-2)38(34,35)28-12-9-17(10-13-28)11-14-37-30(32)33/h7-8,15,17H,4-6,9-14H2,1-3H3,(H,26,27,31). The third kappa shape index (κ3) is 5.65. The minimum absolute atomic E-state index is 0.00137. The molecule has 3 heterocycles. The van der Waals surface area contributed by atoms with Gasteiger partial charge in [0, 0.05) is 19.5 Å². The van der Waals surface area contributed by atoms with Crippen LogP contribution >= 0.6 is 0 Å². The van der Waals surface area contributed by atoms with E-state index in [1.807, 2.05) is 13.8 Å². The summed E-state index contributed by atoms with van der Waals surface area (Å²) in [5.74, 6) is 1.38. The highest BCUT2D eigenvalue weighted by Gasteiger charge is 2.30. The summed E-state index contributed by atoms with van der Waals surface area (Å²) in [6.07, 6.45) is 3.11. The number of sulfonamides is 1. The van der Waals surface area contributed by atoms with Crippen LogP contribution in [0.25, 0.3) is 16.9 Å². The number of hydrogen-bond acceptors (Lipinski definition) is 9. The van der Waals surface area contributed by atoms with Crippen molar-refractivity contribution in [1.29, 1.82) is 0 Å². The fraction of sp³-hybridized carbons (Fsp3) is 0.542. The lowest BCUT2D eigenvalue weighted by molar-refractivity contribution is -0.758. The second-order valence-electron chi connectivity index (χ2n) is 9.21. The molecular formula is C24H32N6O7S. The Morgan fingerprint density at radius 3 is 2.63 bits per heavy atom. The molecule has 0 unspecified atom stereocenters. The number of piperidine rings is 1. The molecule has 1 N–H and O–H groups in total. The molecule has 0 spiro atoms. The van der Waals surface area contributed by atoms with Gasteiger partial charge in [-0.25, -0.2) is 17.9 Å². The summed E-state index contributed by atoms with van der Waals surface area (Å²) in [7, 11) is -3.85. The first kappa shape index (κ1) is 27.5. The molecule has 0 atom stereocenters. The van der Waals surface area contributed by atoms with Crippen LogP contribution in [0.15, 0.2) is 27.9 Å². The van der Waals surface area contributed by atoms with Crippen molar-refractivity contribution in [3.05, 3.63) is 50.2 Å². The Kier molecular flexibility index (Phi) is 8.31. The molecule has 0 amide bonds. The molecular weight excluding hydrogens is 516 g/mol. The van der Waals surface area contributed by atoms with Crippen LogP contribution in [0.3, 0.4) is 0 Å². The molecule has 4 rings (SSSR count). The number of imidazole rings is 1. The molecule has 0 saturated carbocycles. The number of nitrogens with zero attached hydrogens (tertiary/aromatic N) is 5. The van der Waals surface area contributed by atoms with E-state index in [1.54, 1.807) is 13.0 Å². The van der Waals surface area contributed by atoms with Gasteiger partial charge in [-0.3, -0.25) is 4.79 Å². The highest BCUT2D eigenvalue weighted by Crippen LogP contribution is 2.33. The number of nitrogens with one attached hydrogen (secondary N) is 1. The summed E-state index contributed by atoms with van der Waals surface area (Å²) < 4.78 is 35.8. The Balaban J connectivity index is 1.66. The van der Waals surface area contributed by atoms with Gasteiger partial charge in [0.2, 0.25) is 10.0 Å². The number of benzene rings is 1. The van der Waals surface area contributed by atoms with Gasteiger partial charge in [0.25, 0.3) is 10.6 Å². The van der Waals surface area contributed by atoms with Crippen molar-refractivity contribution in [3.8, 4) is 17.1 Å². The van der Waals surface area contributed by atoms with Crippen LogP contribution in [0.5, 0.6) is 5.75 Å². The third-order valence-electron chi connectivity index (χ3n) is 6.66. The van der Waals surface area contributed by atoms with Crippen molar-refractivity contribution in [2.45, 2.75) is 57.8 Å². The molecule has 0 bridgehead atoms. The molecule has 14 heteroatoms. The Hall–Kier alpha value is -3.52. The van der Waals surface area contributed by atoms with E-state index >= 15 is 0 Å². The number of rotatable bonds is 11. The van der Waals surface area contributed by atoms with Gasteiger partial charge in [-0.1, -0.05) is 6.92 Å². The number of hydrogen-bond donors (Lipinski definition) is 1. The van der Waals surface area contributed by atoms with Crippen LogP contribution in [0.1, 0.15) is 51.0 Å². The molecule has 1 aliphatic rings. The zero-order chi connectivity index (χ0) is 27.4. The van der Waals surface area contributed by atoms with Gasteiger partial charge in [-0.15, -0.1) is 15.2 Å². The number of ether oxygens (including phenoxy) is 1. The van der Waals surface area contributed by atoms with Gasteiger partial charge < -0.3 is 14.6 Å². The predicted octanol–water partition coefficient (Wildman–Crippen LogP) is 2.74. The molecule has 1 fully saturated rings. The first-order chi connectivity index (χ1) is 18.1. The Labute approximate surface area is 219 Å². The van der Waals surface area contributed by atoms with E-state index in [-0.39, 0.29) is 28.8 Å². The van der Waals surface area contributed by atoms with E-state index in [9.17, 15) is 23.3 Å². The minimum Gasteiger partial charge on any atom is -0.493 e. The van der Waals surface area contributed by atoms with Crippen molar-refractivity contribution in [2.75, 3.05) is 26.3 Å². The molecule has 2 aromatic heterocycles. The zero-order valence-corrected chi connectivity index (χ0v) is 22.5. The number of aryl methyl sites for hydroxylation is 2. The van der Waals surface area contributed by atoms with E-state index in [0.717, 1.165) is 6.42 Å². The maximum Gasteiger partial charge on any atom is 0.294 e. The lowest BCUT2D eigenvalue weighted by Gasteiger charge is -2.31. The van der Waals surface area contributed by atoms with Crippen molar-refractivity contribution >= 4 is 15.5 Å². The third-order valence-corrected chi connectivity index (χ3v) is 8.55. The van der Waals surface area contributed by atoms with E-state index in [4.69, 9.17) is 4.74 Å². The summed E-state index contributed by atoms with van der Waals surface area (Å²) in [5, 5.41) is 14.2. The van der Waals surface area contributed by atoms with Gasteiger partial charge in [0.15, 0.2) is 11.3 Å². The largest absolute Gasteiger partial charge is 0.493 e. The second-order valence-corrected chi connectivity index (χ2v) is 11.1. The summed E-state index contributed by atoms with van der Waals surface area (Å²) in [6.45, 7) is 6.50. The maximum absolute atomic E-state index is 13.5. The molecule has 38 heavy (non-hydrogen) atoms. The monoisotopic (exact) mass is 548 g/mol. The summed E-state index contributed by atoms with van der Waals surface area (Å²) in [5.41, 5.74) is 0.905. The summed E-state index contributed by atoms with van der Waals surface area (Å²) >= 11 is 0. The summed E-state index contributed by atoms with van der Waals surface area (Å²) in [4.78, 5) is 35.1. The molecule has 13 nitrogen and oxygen atoms in total. The summed E-state index contributed by atoms with van der Waals surface area (Å²) in [6, 6.07) is 4.54. The minimum atomic E-state index is -3.85. The Bertz CT molecular complexity index is 1480. The second kappa shape index (κ2) is 11.5. The number of aromatic nitrogens is 4. The molecule has 1 aromatic carbocycles. The smallest absolute Gasteiger partial charge is 0.294 e. The van der Waals surface area contributed by atoms with E-state index in [1.165, 1.54) is 21.0 Å². The quantitative estimate of drug-likeness (QED) is 0.280. The van der Waals surface area contributed by atoms with Gasteiger partial charge >= 0.3 is 0 Å². The Morgan fingerprint density at radius 1 is 1.24 bits per heavy atom. The van der Waals surface area contributed by atoms with Crippen LogP contribution < -0.4 is 10.3 Å². The van der Waals surface area contributed by atoms with E-state index < -0.39 is 15.1 Å². The first-order valence-electron chi connectivity index (χ1n) is 12.7. The highest BCUT2D eigenvalue weighted by molar-refractivity contribution is 7.89. The van der Waals surface area contributed by atoms with Crippen LogP contribution in [0, 0.1) is 23.0 Å². The van der Waals surface area contributed by atoms with Gasteiger partial charge in [-0.05, 0) is 63.6 Å². The van der Waals surface area contributed by atoms with Crippen LogP contribution in [0.2, 0.25) is 0 Å². The number of fused-ring (bicyclic) bond motifs is 1. The van der Waals surface area contributed by atoms with Crippen LogP contribution in [-0.4, -0.2) is 63.7 Å². The molecule has 1 saturated heterocycles. The topological polar surface area (TPSA) is 162 Å². The van der Waals surface area contributed by atoms with Crippen molar-refractivity contribution < 1.29 is 23.1 Å². The fourth-order valence-corrected chi connectivity index (χ4v) is 6.26. The lowest BCUT2D eigenvalue weighted by Crippen LogP contribution is -2.38. The van der Waals surface area contributed by atoms with Crippen molar-refractivity contribution in [1.82, 2.24) is 23.9 Å². The Morgan fingerprint density at radius 2 is 1.97 bits per heavy atom. The average molecular weight is 549 g/mol. The van der Waals surface area contributed by atoms with Crippen molar-refractivity contribution in [3.63, 3.8) is 0 Å².